The number of carbonyl (C=O) groups is 1. The molecule has 0 saturated heterocycles. The first-order valence-electron chi connectivity index (χ1n) is 6.49. The molecule has 0 saturated carbocycles. The predicted molar refractivity (Wildman–Crippen MR) is 98.4 cm³/mol. The highest BCUT2D eigenvalue weighted by molar-refractivity contribution is 14.1. The number of hydrogen-bond donors (Lipinski definition) is 0. The molecule has 0 amide bonds. The van der Waals surface area contributed by atoms with Gasteiger partial charge in [-0.1, -0.05) is 0 Å². The van der Waals surface area contributed by atoms with Crippen molar-refractivity contribution in [2.24, 2.45) is 0 Å². The Morgan fingerprint density at radius 2 is 1.31 bits per heavy atom. The van der Waals surface area contributed by atoms with Crippen molar-refractivity contribution < 1.29 is 31.1 Å². The number of halogens is 8. The van der Waals surface area contributed by atoms with Crippen LogP contribution in [0.15, 0.2) is 36.4 Å². The van der Waals surface area contributed by atoms with E-state index in [1.807, 2.05) is 22.6 Å². The van der Waals surface area contributed by atoms with E-state index in [1.165, 1.54) is 12.1 Å². The van der Waals surface area contributed by atoms with Gasteiger partial charge in [-0.15, -0.1) is 0 Å². The minimum Gasteiger partial charge on any atom is -0.298 e. The first kappa shape index (κ1) is 22.7. The van der Waals surface area contributed by atoms with Gasteiger partial charge in [0.15, 0.2) is 6.29 Å². The van der Waals surface area contributed by atoms with Crippen LogP contribution in [0, 0.1) is 18.5 Å². The quantitative estimate of drug-likeness (QED) is 0.220. The molecule has 0 heterocycles. The maximum absolute atomic E-state index is 12.1. The molecule has 2 aromatic carbocycles. The monoisotopic (exact) mass is 597 g/mol. The third-order valence-electron chi connectivity index (χ3n) is 2.86. The smallest absolute Gasteiger partial charge is 0.298 e. The van der Waals surface area contributed by atoms with E-state index in [0.717, 1.165) is 24.3 Å². The topological polar surface area (TPSA) is 40.9 Å². The van der Waals surface area contributed by atoms with E-state index < -0.39 is 23.5 Å². The second-order valence-electron chi connectivity index (χ2n) is 4.66. The fourth-order valence-electron chi connectivity index (χ4n) is 1.60. The molecule has 138 valence electrons. The molecule has 0 aliphatic carbocycles. The second-order valence-corrected chi connectivity index (χ2v) is 6.98. The highest BCUT2D eigenvalue weighted by Crippen LogP contribution is 2.31. The number of nitrogens with zero attached hydrogens (tertiary/aromatic N) is 1. The normalized spacial score (nSPS) is 11.2. The Hall–Kier alpha value is -1.36. The van der Waals surface area contributed by atoms with Gasteiger partial charge in [0.2, 0.25) is 0 Å². The molecule has 0 spiro atoms. The third-order valence-corrected chi connectivity index (χ3v) is 4.79. The van der Waals surface area contributed by atoms with Crippen molar-refractivity contribution in [3.8, 4) is 6.07 Å². The van der Waals surface area contributed by atoms with Gasteiger partial charge in [-0.25, -0.2) is 0 Å². The maximum Gasteiger partial charge on any atom is 0.416 e. The van der Waals surface area contributed by atoms with E-state index in [2.05, 4.69) is 0 Å². The number of aldehydes is 1. The summed E-state index contributed by atoms with van der Waals surface area (Å²) in [5, 5.41) is 8.49. The molecule has 0 unspecified atom stereocenters. The molecule has 0 aliphatic rings. The second kappa shape index (κ2) is 9.03. The number of carbonyl (C=O) groups excluding carboxylic acids is 1. The summed E-state index contributed by atoms with van der Waals surface area (Å²) in [5.74, 6) is 0. The largest absolute Gasteiger partial charge is 0.416 e. The Morgan fingerprint density at radius 3 is 1.73 bits per heavy atom. The van der Waals surface area contributed by atoms with Crippen molar-refractivity contribution in [2.75, 3.05) is 0 Å². The van der Waals surface area contributed by atoms with E-state index in [1.54, 1.807) is 28.7 Å². The van der Waals surface area contributed by atoms with Gasteiger partial charge < -0.3 is 0 Å². The number of alkyl halides is 6. The minimum absolute atomic E-state index is 0.0513. The van der Waals surface area contributed by atoms with Crippen molar-refractivity contribution in [1.82, 2.24) is 0 Å². The van der Waals surface area contributed by atoms with Crippen LogP contribution in [-0.2, 0) is 12.4 Å². The van der Waals surface area contributed by atoms with Crippen LogP contribution in [0.1, 0.15) is 27.0 Å². The van der Waals surface area contributed by atoms with Crippen LogP contribution in [0.4, 0.5) is 26.3 Å². The van der Waals surface area contributed by atoms with Crippen molar-refractivity contribution in [1.29, 1.82) is 5.26 Å². The predicted octanol–water partition coefficient (Wildman–Crippen LogP) is 6.30. The van der Waals surface area contributed by atoms with Gasteiger partial charge in [-0.05, 0) is 81.6 Å². The molecule has 0 radical (unpaired) electrons. The molecule has 10 heteroatoms. The van der Waals surface area contributed by atoms with Gasteiger partial charge in [0.25, 0.3) is 0 Å². The summed E-state index contributed by atoms with van der Waals surface area (Å²) in [6, 6.07) is 7.86. The molecule has 0 bridgehead atoms. The van der Waals surface area contributed by atoms with Crippen LogP contribution < -0.4 is 0 Å². The van der Waals surface area contributed by atoms with Crippen molar-refractivity contribution in [2.45, 2.75) is 12.4 Å². The zero-order valence-corrected chi connectivity index (χ0v) is 16.7. The fraction of sp³-hybridized carbons (Fsp3) is 0.125. The van der Waals surface area contributed by atoms with Crippen LogP contribution in [-0.4, -0.2) is 6.29 Å². The average Bonchev–Trinajstić information content (AvgIpc) is 2.54. The summed E-state index contributed by atoms with van der Waals surface area (Å²) < 4.78 is 73.8. The Kier molecular flexibility index (Phi) is 7.87. The summed E-state index contributed by atoms with van der Waals surface area (Å²) in [5.41, 5.74) is -1.47. The van der Waals surface area contributed by atoms with E-state index in [0.29, 0.717) is 13.4 Å². The summed E-state index contributed by atoms with van der Waals surface area (Å²) in [6.07, 6.45) is -8.35. The van der Waals surface area contributed by atoms with Crippen LogP contribution >= 0.6 is 45.2 Å². The first-order valence-corrected chi connectivity index (χ1v) is 8.64. The Bertz CT molecular complexity index is 840. The van der Waals surface area contributed by atoms with Crippen LogP contribution in [0.2, 0.25) is 0 Å². The number of nitriles is 1. The molecule has 0 aromatic heterocycles. The minimum atomic E-state index is -4.39. The van der Waals surface area contributed by atoms with E-state index >= 15 is 0 Å². The molecular weight excluding hydrogens is 590 g/mol. The zero-order valence-electron chi connectivity index (χ0n) is 12.4. The standard InChI is InChI=1S/C8H3F3IN.C8H4F3IO/c2*9-8(10,11)6-1-2-7(12)5(3-6)4-13/h1-3H;1-4H. The third kappa shape index (κ3) is 6.42. The molecule has 2 nitrogen and oxygen atoms in total. The number of benzene rings is 2. The highest BCUT2D eigenvalue weighted by atomic mass is 127. The average molecular weight is 597 g/mol. The molecule has 0 aliphatic heterocycles. The van der Waals surface area contributed by atoms with E-state index in [-0.39, 0.29) is 11.1 Å². The molecule has 26 heavy (non-hydrogen) atoms. The van der Waals surface area contributed by atoms with Crippen LogP contribution in [0.5, 0.6) is 0 Å². The Balaban J connectivity index is 0.000000260. The van der Waals surface area contributed by atoms with Gasteiger partial charge in [0, 0.05) is 12.7 Å². The molecule has 0 N–H and O–H groups in total. The lowest BCUT2D eigenvalue weighted by atomic mass is 10.1. The summed E-state index contributed by atoms with van der Waals surface area (Å²) in [7, 11) is 0. The van der Waals surface area contributed by atoms with Gasteiger partial charge in [-0.3, -0.25) is 4.79 Å². The first-order chi connectivity index (χ1) is 11.9. The Morgan fingerprint density at radius 1 is 0.846 bits per heavy atom. The molecule has 0 fully saturated rings. The zero-order chi connectivity index (χ0) is 20.1. The van der Waals surface area contributed by atoms with Gasteiger partial charge in [-0.2, -0.15) is 31.6 Å². The lowest BCUT2D eigenvalue weighted by Crippen LogP contribution is -2.05. The summed E-state index contributed by atoms with van der Waals surface area (Å²) in [6.45, 7) is 0. The van der Waals surface area contributed by atoms with Gasteiger partial charge in [0.05, 0.1) is 16.7 Å². The molecule has 2 rings (SSSR count). The number of rotatable bonds is 1. The lowest BCUT2D eigenvalue weighted by Gasteiger charge is -2.07. The van der Waals surface area contributed by atoms with Crippen molar-refractivity contribution in [3.05, 3.63) is 65.8 Å². The molecular formula is C16H7F6I2NO. The van der Waals surface area contributed by atoms with Crippen LogP contribution in [0.25, 0.3) is 0 Å². The van der Waals surface area contributed by atoms with E-state index in [4.69, 9.17) is 5.26 Å². The van der Waals surface area contributed by atoms with Crippen LogP contribution in [0.3, 0.4) is 0 Å². The maximum atomic E-state index is 12.1. The van der Waals surface area contributed by atoms with Gasteiger partial charge in [0.1, 0.15) is 6.07 Å². The fourth-order valence-corrected chi connectivity index (χ4v) is 2.52. The Labute approximate surface area is 171 Å². The lowest BCUT2D eigenvalue weighted by molar-refractivity contribution is -0.138. The summed E-state index contributed by atoms with van der Waals surface area (Å²) in [4.78, 5) is 10.3. The number of hydrogen-bond acceptors (Lipinski definition) is 2. The van der Waals surface area contributed by atoms with Crippen molar-refractivity contribution in [3.63, 3.8) is 0 Å². The summed E-state index contributed by atoms with van der Waals surface area (Å²) >= 11 is 3.62. The van der Waals surface area contributed by atoms with E-state index in [9.17, 15) is 31.1 Å². The molecule has 2 aromatic rings. The highest BCUT2D eigenvalue weighted by Gasteiger charge is 2.31. The van der Waals surface area contributed by atoms with Gasteiger partial charge >= 0.3 is 12.4 Å². The SMILES string of the molecule is N#Cc1cc(C(F)(F)F)ccc1I.O=Cc1cc(C(F)(F)F)ccc1I. The molecule has 0 atom stereocenters. The van der Waals surface area contributed by atoms with Crippen molar-refractivity contribution >= 4 is 51.5 Å².